The van der Waals surface area contributed by atoms with Gasteiger partial charge in [0, 0.05) is 5.41 Å². The number of rotatable bonds is 3. The molecule has 6 aliphatic rings. The van der Waals surface area contributed by atoms with Crippen LogP contribution in [-0.2, 0) is 14.4 Å². The third-order valence-corrected chi connectivity index (χ3v) is 11.2. The molecule has 4 fully saturated rings. The van der Waals surface area contributed by atoms with Gasteiger partial charge in [-0.2, -0.15) is 0 Å². The maximum atomic E-state index is 14.1. The average Bonchev–Trinajstić information content (AvgIpc) is 3.11. The van der Waals surface area contributed by atoms with Crippen LogP contribution in [0.2, 0.25) is 0 Å². The number of hydrogen-bond donors (Lipinski definition) is 1. The Morgan fingerprint density at radius 1 is 1.03 bits per heavy atom. The molecule has 2 amide bonds. The van der Waals surface area contributed by atoms with Crippen LogP contribution in [0.4, 0.5) is 5.69 Å². The summed E-state index contributed by atoms with van der Waals surface area (Å²) in [6, 6.07) is 9.39. The molecule has 5 heteroatoms. The molecule has 3 saturated carbocycles. The molecule has 1 heterocycles. The molecule has 186 valence electrons. The zero-order chi connectivity index (χ0) is 24.9. The number of allylic oxidation sites excluding steroid dienone is 2. The van der Waals surface area contributed by atoms with Crippen LogP contribution < -0.4 is 4.90 Å². The largest absolute Gasteiger partial charge is 0.481 e. The molecule has 35 heavy (non-hydrogen) atoms. The molecule has 2 bridgehead atoms. The Balaban J connectivity index is 1.50. The Morgan fingerprint density at radius 3 is 2.40 bits per heavy atom. The number of carbonyl (C=O) groups excluding carboxylic acids is 2. The van der Waals surface area contributed by atoms with Gasteiger partial charge in [-0.3, -0.25) is 19.3 Å². The van der Waals surface area contributed by atoms with Crippen LogP contribution in [0.3, 0.4) is 0 Å². The van der Waals surface area contributed by atoms with Crippen LogP contribution in [0.25, 0.3) is 0 Å². The molecule has 5 aliphatic carbocycles. The summed E-state index contributed by atoms with van der Waals surface area (Å²) in [7, 11) is 0. The Bertz CT molecular complexity index is 1140. The topological polar surface area (TPSA) is 74.7 Å². The van der Waals surface area contributed by atoms with E-state index in [9.17, 15) is 19.5 Å². The first-order valence-electron chi connectivity index (χ1n) is 13.4. The van der Waals surface area contributed by atoms with E-state index in [0.717, 1.165) is 38.5 Å². The van der Waals surface area contributed by atoms with Crippen molar-refractivity contribution in [2.45, 2.75) is 66.2 Å². The molecular weight excluding hydrogens is 438 g/mol. The second kappa shape index (κ2) is 7.30. The van der Waals surface area contributed by atoms with Gasteiger partial charge in [-0.1, -0.05) is 57.0 Å². The summed E-state index contributed by atoms with van der Waals surface area (Å²) < 4.78 is 0. The smallest absolute Gasteiger partial charge is 0.309 e. The van der Waals surface area contributed by atoms with E-state index in [-0.39, 0.29) is 52.2 Å². The summed E-state index contributed by atoms with van der Waals surface area (Å²) in [5, 5.41) is 10.3. The summed E-state index contributed by atoms with van der Waals surface area (Å²) in [4.78, 5) is 42.0. The molecule has 1 N–H and O–H groups in total. The second-order valence-corrected chi connectivity index (χ2v) is 12.8. The van der Waals surface area contributed by atoms with Crippen LogP contribution in [0.1, 0.15) is 66.2 Å². The van der Waals surface area contributed by atoms with Gasteiger partial charge in [-0.25, -0.2) is 0 Å². The molecule has 8 atom stereocenters. The van der Waals surface area contributed by atoms with Gasteiger partial charge >= 0.3 is 5.97 Å². The molecule has 1 aromatic carbocycles. The zero-order valence-corrected chi connectivity index (χ0v) is 21.3. The molecule has 7 rings (SSSR count). The first kappa shape index (κ1) is 23.0. The van der Waals surface area contributed by atoms with E-state index < -0.39 is 11.4 Å². The van der Waals surface area contributed by atoms with Gasteiger partial charge in [0.25, 0.3) is 0 Å². The van der Waals surface area contributed by atoms with E-state index in [1.807, 2.05) is 37.3 Å². The van der Waals surface area contributed by atoms with Crippen LogP contribution in [-0.4, -0.2) is 22.9 Å². The van der Waals surface area contributed by atoms with Gasteiger partial charge in [0.2, 0.25) is 11.8 Å². The highest BCUT2D eigenvalue weighted by Gasteiger charge is 2.73. The molecule has 5 nitrogen and oxygen atoms in total. The maximum Gasteiger partial charge on any atom is 0.309 e. The van der Waals surface area contributed by atoms with Gasteiger partial charge < -0.3 is 5.11 Å². The highest BCUT2D eigenvalue weighted by Crippen LogP contribution is 2.74. The number of fused-ring (bicyclic) bond motifs is 1. The third kappa shape index (κ3) is 2.73. The first-order valence-corrected chi connectivity index (χ1v) is 13.4. The highest BCUT2D eigenvalue weighted by atomic mass is 16.4. The summed E-state index contributed by atoms with van der Waals surface area (Å²) >= 11 is 0. The van der Waals surface area contributed by atoms with Gasteiger partial charge in [0.1, 0.15) is 0 Å². The number of amides is 2. The van der Waals surface area contributed by atoms with E-state index >= 15 is 0 Å². The van der Waals surface area contributed by atoms with E-state index in [1.165, 1.54) is 10.5 Å². The van der Waals surface area contributed by atoms with E-state index in [2.05, 4.69) is 26.8 Å². The van der Waals surface area contributed by atoms with Crippen molar-refractivity contribution < 1.29 is 19.5 Å². The lowest BCUT2D eigenvalue weighted by atomic mass is 9.34. The fourth-order valence-electron chi connectivity index (χ4n) is 9.79. The maximum absolute atomic E-state index is 14.1. The minimum atomic E-state index is -0.721. The Kier molecular flexibility index (Phi) is 4.80. The fraction of sp³-hybridized carbons (Fsp3) is 0.633. The van der Waals surface area contributed by atoms with Crippen molar-refractivity contribution in [2.75, 3.05) is 4.90 Å². The van der Waals surface area contributed by atoms with Crippen molar-refractivity contribution in [1.82, 2.24) is 0 Å². The normalized spacial score (nSPS) is 44.1. The van der Waals surface area contributed by atoms with Crippen LogP contribution in [0, 0.1) is 51.8 Å². The predicted molar refractivity (Wildman–Crippen MR) is 133 cm³/mol. The first-order chi connectivity index (χ1) is 16.6. The van der Waals surface area contributed by atoms with Gasteiger partial charge in [-0.05, 0) is 80.2 Å². The SMILES string of the molecule is CC(C)C1=C[C@]23CC[C@@H]4[C@@](C)(CCC[C@]4(C)C(=O)O)[C@@H]2C[C@@H]1[C@@H]1C(=O)N(c2ccccc2)C(=O)[C@@H]13. The van der Waals surface area contributed by atoms with Crippen LogP contribution in [0.15, 0.2) is 42.0 Å². The standard InChI is InChI=1S/C30H37NO4/c1-17(2)20-16-30-14-11-21-28(3,12-8-13-29(21,4)27(34)35)22(30)15-19(20)23-24(30)26(33)31(25(23)32)18-9-6-5-7-10-18/h5-7,9-10,16-17,19,21-24H,8,11-15H2,1-4H3,(H,34,35)/t19-,21+,22-,23-,24+,28+,29-,30+/m0/s1. The minimum absolute atomic E-state index is 0.0356. The Hall–Kier alpha value is -2.43. The van der Waals surface area contributed by atoms with Gasteiger partial charge in [0.15, 0.2) is 0 Å². The van der Waals surface area contributed by atoms with Crippen molar-refractivity contribution in [3.8, 4) is 0 Å². The predicted octanol–water partition coefficient (Wildman–Crippen LogP) is 5.70. The van der Waals surface area contributed by atoms with Crippen molar-refractivity contribution in [1.29, 1.82) is 0 Å². The monoisotopic (exact) mass is 475 g/mol. The Labute approximate surface area is 208 Å². The number of carboxylic acid groups (broad SMARTS) is 1. The molecule has 1 saturated heterocycles. The molecule has 0 radical (unpaired) electrons. The van der Waals surface area contributed by atoms with Crippen LogP contribution in [0.5, 0.6) is 0 Å². The molecule has 0 unspecified atom stereocenters. The molecule has 1 aromatic rings. The summed E-state index contributed by atoms with van der Waals surface area (Å²) in [5.74, 6) is -0.668. The number of anilines is 1. The lowest BCUT2D eigenvalue weighted by Crippen LogP contribution is -2.65. The molecule has 1 spiro atoms. The fourth-order valence-corrected chi connectivity index (χ4v) is 9.79. The average molecular weight is 476 g/mol. The number of para-hydroxylation sites is 1. The molecule has 1 aliphatic heterocycles. The van der Waals surface area contributed by atoms with Crippen molar-refractivity contribution in [3.05, 3.63) is 42.0 Å². The summed E-state index contributed by atoms with van der Waals surface area (Å²) in [6.45, 7) is 8.69. The van der Waals surface area contributed by atoms with Gasteiger partial charge in [-0.15, -0.1) is 0 Å². The summed E-state index contributed by atoms with van der Waals surface area (Å²) in [5.41, 5.74) is 0.789. The van der Waals surface area contributed by atoms with Crippen molar-refractivity contribution >= 4 is 23.5 Å². The molecule has 0 aromatic heterocycles. The minimum Gasteiger partial charge on any atom is -0.481 e. The van der Waals surface area contributed by atoms with Crippen molar-refractivity contribution in [3.63, 3.8) is 0 Å². The van der Waals surface area contributed by atoms with Crippen LogP contribution >= 0.6 is 0 Å². The number of carbonyl (C=O) groups is 3. The van der Waals surface area contributed by atoms with E-state index in [0.29, 0.717) is 11.6 Å². The number of imide groups is 1. The van der Waals surface area contributed by atoms with Crippen molar-refractivity contribution in [2.24, 2.45) is 51.8 Å². The van der Waals surface area contributed by atoms with E-state index in [4.69, 9.17) is 0 Å². The lowest BCUT2D eigenvalue weighted by molar-refractivity contribution is -0.194. The van der Waals surface area contributed by atoms with E-state index in [1.54, 1.807) is 0 Å². The summed E-state index contributed by atoms with van der Waals surface area (Å²) in [6.07, 6.45) is 7.58. The number of carboxylic acids is 1. The molecular formula is C30H37NO4. The highest BCUT2D eigenvalue weighted by molar-refractivity contribution is 6.22. The third-order valence-electron chi connectivity index (χ3n) is 11.2. The number of hydrogen-bond acceptors (Lipinski definition) is 3. The number of benzene rings is 1. The Morgan fingerprint density at radius 2 is 1.74 bits per heavy atom. The zero-order valence-electron chi connectivity index (χ0n) is 21.3. The number of nitrogens with zero attached hydrogens (tertiary/aromatic N) is 1. The second-order valence-electron chi connectivity index (χ2n) is 12.8. The van der Waals surface area contributed by atoms with Gasteiger partial charge in [0.05, 0.1) is 22.9 Å². The lowest BCUT2D eigenvalue weighted by Gasteiger charge is -2.68. The quantitative estimate of drug-likeness (QED) is 0.449. The number of aliphatic carboxylic acids is 1.